The number of aryl methyl sites for hydroxylation is 1. The van der Waals surface area contributed by atoms with Crippen LogP contribution >= 0.6 is 22.9 Å². The predicted molar refractivity (Wildman–Crippen MR) is 73.8 cm³/mol. The zero-order chi connectivity index (χ0) is 12.3. The van der Waals surface area contributed by atoms with Crippen LogP contribution in [0.5, 0.6) is 0 Å². The van der Waals surface area contributed by atoms with Gasteiger partial charge in [0.2, 0.25) is 0 Å². The van der Waals surface area contributed by atoms with Crippen molar-refractivity contribution < 1.29 is 0 Å². The maximum absolute atomic E-state index is 5.88. The second-order valence-corrected chi connectivity index (χ2v) is 5.30. The summed E-state index contributed by atoms with van der Waals surface area (Å²) in [4.78, 5) is 5.61. The Hall–Kier alpha value is -0.900. The molecule has 0 spiro atoms. The molecule has 0 aliphatic carbocycles. The van der Waals surface area contributed by atoms with E-state index in [0.717, 1.165) is 17.1 Å². The molecule has 1 aromatic carbocycles. The molecular formula is C13H15ClN2S. The summed E-state index contributed by atoms with van der Waals surface area (Å²) in [5.74, 6) is 0. The maximum atomic E-state index is 5.88. The minimum Gasteiger partial charge on any atom is -0.312 e. The summed E-state index contributed by atoms with van der Waals surface area (Å²) >= 11 is 7.59. The van der Waals surface area contributed by atoms with Crippen LogP contribution in [0.3, 0.4) is 0 Å². The van der Waals surface area contributed by atoms with Crippen LogP contribution in [0.1, 0.15) is 22.2 Å². The molecule has 0 radical (unpaired) electrons. The van der Waals surface area contributed by atoms with E-state index in [1.807, 2.05) is 24.7 Å². The van der Waals surface area contributed by atoms with Gasteiger partial charge in [0.1, 0.15) is 0 Å². The van der Waals surface area contributed by atoms with E-state index in [1.54, 1.807) is 11.3 Å². The van der Waals surface area contributed by atoms with Crippen LogP contribution in [-0.4, -0.2) is 12.0 Å². The number of nitrogens with one attached hydrogen (secondary N) is 1. The molecule has 1 aromatic heterocycles. The number of benzene rings is 1. The van der Waals surface area contributed by atoms with Gasteiger partial charge in [-0.25, -0.2) is 4.98 Å². The zero-order valence-corrected chi connectivity index (χ0v) is 11.5. The molecule has 0 fully saturated rings. The van der Waals surface area contributed by atoms with E-state index in [1.165, 1.54) is 10.4 Å². The van der Waals surface area contributed by atoms with Gasteiger partial charge in [-0.15, -0.1) is 11.3 Å². The number of hydrogen-bond acceptors (Lipinski definition) is 3. The molecule has 17 heavy (non-hydrogen) atoms. The first-order chi connectivity index (χ1) is 8.20. The number of hydrogen-bond donors (Lipinski definition) is 1. The molecule has 1 atom stereocenters. The van der Waals surface area contributed by atoms with Gasteiger partial charge in [0.15, 0.2) is 0 Å². The second-order valence-electron chi connectivity index (χ2n) is 3.97. The highest BCUT2D eigenvalue weighted by Crippen LogP contribution is 2.25. The number of aromatic nitrogens is 1. The van der Waals surface area contributed by atoms with Crippen LogP contribution in [0.25, 0.3) is 0 Å². The van der Waals surface area contributed by atoms with E-state index >= 15 is 0 Å². The zero-order valence-electron chi connectivity index (χ0n) is 9.90. The lowest BCUT2D eigenvalue weighted by atomic mass is 10.0. The van der Waals surface area contributed by atoms with Gasteiger partial charge in [0, 0.05) is 15.9 Å². The highest BCUT2D eigenvalue weighted by molar-refractivity contribution is 7.09. The van der Waals surface area contributed by atoms with Crippen molar-refractivity contribution in [2.75, 3.05) is 7.05 Å². The van der Waals surface area contributed by atoms with Crippen molar-refractivity contribution in [3.8, 4) is 0 Å². The predicted octanol–water partition coefficient (Wildman–Crippen LogP) is 3.61. The summed E-state index contributed by atoms with van der Waals surface area (Å²) in [6.07, 6.45) is 0.955. The molecule has 0 saturated heterocycles. The first-order valence-corrected chi connectivity index (χ1v) is 6.78. The van der Waals surface area contributed by atoms with E-state index < -0.39 is 0 Å². The van der Waals surface area contributed by atoms with Crippen molar-refractivity contribution in [3.63, 3.8) is 0 Å². The number of halogens is 1. The number of likely N-dealkylation sites (N-methyl/N-ethyl adjacent to an activating group) is 1. The molecule has 0 amide bonds. The fourth-order valence-electron chi connectivity index (χ4n) is 1.83. The molecular weight excluding hydrogens is 252 g/mol. The molecule has 0 aliphatic heterocycles. The largest absolute Gasteiger partial charge is 0.312 e. The lowest BCUT2D eigenvalue weighted by Gasteiger charge is -2.15. The SMILES string of the molecule is CNC(Cc1ccc(Cl)cc1)c1scnc1C. The Bertz CT molecular complexity index is 478. The van der Waals surface area contributed by atoms with Crippen molar-refractivity contribution >= 4 is 22.9 Å². The molecule has 1 N–H and O–H groups in total. The number of nitrogens with zero attached hydrogens (tertiary/aromatic N) is 1. The van der Waals surface area contributed by atoms with Gasteiger partial charge in [0.05, 0.1) is 11.2 Å². The third kappa shape index (κ3) is 3.06. The Morgan fingerprint density at radius 1 is 1.35 bits per heavy atom. The Labute approximate surface area is 111 Å². The quantitative estimate of drug-likeness (QED) is 0.915. The van der Waals surface area contributed by atoms with Gasteiger partial charge in [-0.2, -0.15) is 0 Å². The van der Waals surface area contributed by atoms with Crippen LogP contribution < -0.4 is 5.32 Å². The third-order valence-corrected chi connectivity index (χ3v) is 4.10. The van der Waals surface area contributed by atoms with E-state index in [2.05, 4.69) is 29.4 Å². The van der Waals surface area contributed by atoms with Crippen molar-refractivity contribution in [1.82, 2.24) is 10.3 Å². The molecule has 2 nitrogen and oxygen atoms in total. The lowest BCUT2D eigenvalue weighted by molar-refractivity contribution is 0.598. The van der Waals surface area contributed by atoms with Gasteiger partial charge in [-0.1, -0.05) is 23.7 Å². The summed E-state index contributed by atoms with van der Waals surface area (Å²) < 4.78 is 0. The van der Waals surface area contributed by atoms with E-state index in [9.17, 15) is 0 Å². The van der Waals surface area contributed by atoms with Gasteiger partial charge < -0.3 is 5.32 Å². The Morgan fingerprint density at radius 3 is 2.59 bits per heavy atom. The molecule has 0 saturated carbocycles. The molecule has 2 aromatic rings. The lowest BCUT2D eigenvalue weighted by Crippen LogP contribution is -2.18. The molecule has 0 aliphatic rings. The normalized spacial score (nSPS) is 12.6. The van der Waals surface area contributed by atoms with Crippen LogP contribution in [0.2, 0.25) is 5.02 Å². The van der Waals surface area contributed by atoms with Gasteiger partial charge in [-0.05, 0) is 38.1 Å². The third-order valence-electron chi connectivity index (χ3n) is 2.80. The fraction of sp³-hybridized carbons (Fsp3) is 0.308. The minimum absolute atomic E-state index is 0.323. The topological polar surface area (TPSA) is 24.9 Å². The van der Waals surface area contributed by atoms with Crippen LogP contribution in [0.4, 0.5) is 0 Å². The Morgan fingerprint density at radius 2 is 2.06 bits per heavy atom. The highest BCUT2D eigenvalue weighted by atomic mass is 35.5. The maximum Gasteiger partial charge on any atom is 0.0798 e. The first-order valence-electron chi connectivity index (χ1n) is 5.52. The van der Waals surface area contributed by atoms with Crippen LogP contribution in [-0.2, 0) is 6.42 Å². The first kappa shape index (κ1) is 12.6. The monoisotopic (exact) mass is 266 g/mol. The average Bonchev–Trinajstić information content (AvgIpc) is 2.75. The Balaban J connectivity index is 2.16. The minimum atomic E-state index is 0.323. The number of thiazole rings is 1. The summed E-state index contributed by atoms with van der Waals surface area (Å²) in [5.41, 5.74) is 4.29. The summed E-state index contributed by atoms with van der Waals surface area (Å²) in [5, 5.41) is 4.13. The van der Waals surface area contributed by atoms with Crippen LogP contribution in [0.15, 0.2) is 29.8 Å². The molecule has 2 rings (SSSR count). The van der Waals surface area contributed by atoms with Gasteiger partial charge in [0.25, 0.3) is 0 Å². The number of rotatable bonds is 4. The summed E-state index contributed by atoms with van der Waals surface area (Å²) in [7, 11) is 1.99. The molecule has 90 valence electrons. The van der Waals surface area contributed by atoms with Crippen molar-refractivity contribution in [2.45, 2.75) is 19.4 Å². The molecule has 1 unspecified atom stereocenters. The highest BCUT2D eigenvalue weighted by Gasteiger charge is 2.14. The summed E-state index contributed by atoms with van der Waals surface area (Å²) in [6, 6.07) is 8.34. The Kier molecular flexibility index (Phi) is 4.15. The van der Waals surface area contributed by atoms with E-state index in [0.29, 0.717) is 6.04 Å². The standard InChI is InChI=1S/C13H15ClN2S/c1-9-13(17-8-16-9)12(15-2)7-10-3-5-11(14)6-4-10/h3-6,8,12,15H,7H2,1-2H3. The van der Waals surface area contributed by atoms with Crippen molar-refractivity contribution in [2.24, 2.45) is 0 Å². The second kappa shape index (κ2) is 5.63. The van der Waals surface area contributed by atoms with Gasteiger partial charge in [-0.3, -0.25) is 0 Å². The smallest absolute Gasteiger partial charge is 0.0798 e. The van der Waals surface area contributed by atoms with E-state index in [-0.39, 0.29) is 0 Å². The van der Waals surface area contributed by atoms with Crippen LogP contribution in [0, 0.1) is 6.92 Å². The fourth-order valence-corrected chi connectivity index (χ4v) is 2.87. The average molecular weight is 267 g/mol. The summed E-state index contributed by atoms with van der Waals surface area (Å²) in [6.45, 7) is 2.05. The molecule has 4 heteroatoms. The molecule has 0 bridgehead atoms. The van der Waals surface area contributed by atoms with Crippen molar-refractivity contribution in [3.05, 3.63) is 50.9 Å². The molecule has 1 heterocycles. The van der Waals surface area contributed by atoms with E-state index in [4.69, 9.17) is 11.6 Å². The van der Waals surface area contributed by atoms with Crippen molar-refractivity contribution in [1.29, 1.82) is 0 Å². The van der Waals surface area contributed by atoms with Gasteiger partial charge >= 0.3 is 0 Å².